The summed E-state index contributed by atoms with van der Waals surface area (Å²) in [6, 6.07) is 16.6. The molecule has 0 radical (unpaired) electrons. The van der Waals surface area contributed by atoms with Crippen LogP contribution < -0.4 is 5.32 Å². The van der Waals surface area contributed by atoms with Gasteiger partial charge in [-0.1, -0.05) is 40.2 Å². The van der Waals surface area contributed by atoms with Crippen LogP contribution in [-0.2, 0) is 6.54 Å². The topological polar surface area (TPSA) is 24.9 Å². The molecule has 0 spiro atoms. The summed E-state index contributed by atoms with van der Waals surface area (Å²) in [6.45, 7) is 0.785. The fourth-order valence-corrected chi connectivity index (χ4v) is 3.05. The van der Waals surface area contributed by atoms with Crippen LogP contribution in [0.4, 0.5) is 5.82 Å². The molecule has 0 unspecified atom stereocenters. The van der Waals surface area contributed by atoms with Crippen LogP contribution in [0.1, 0.15) is 5.56 Å². The molecular weight excluding hydrogens is 308 g/mol. The van der Waals surface area contributed by atoms with Crippen molar-refractivity contribution < 1.29 is 0 Å². The van der Waals surface area contributed by atoms with Crippen LogP contribution in [0, 0.1) is 0 Å². The molecule has 2 nitrogen and oxygen atoms in total. The van der Waals surface area contributed by atoms with Gasteiger partial charge in [-0.05, 0) is 41.4 Å². The molecule has 0 aliphatic rings. The fraction of sp³-hybridized carbons (Fsp3) is 0.0714. The Labute approximate surface area is 118 Å². The van der Waals surface area contributed by atoms with Crippen LogP contribution >= 0.6 is 27.5 Å². The number of nitrogens with zero attached hydrogens (tertiary/aromatic N) is 1. The lowest BCUT2D eigenvalue weighted by Gasteiger charge is -2.04. The third-order valence-electron chi connectivity index (χ3n) is 2.73. The molecule has 90 valence electrons. The molecule has 3 aromatic rings. The number of anilines is 1. The van der Waals surface area contributed by atoms with Gasteiger partial charge in [0.1, 0.15) is 5.82 Å². The van der Waals surface area contributed by atoms with E-state index in [0.29, 0.717) is 0 Å². The number of hydrogen-bond donors (Lipinski definition) is 1. The highest BCUT2D eigenvalue weighted by Gasteiger charge is 2.04. The van der Waals surface area contributed by atoms with Crippen molar-refractivity contribution in [1.29, 1.82) is 0 Å². The molecule has 0 atom stereocenters. The molecule has 2 aromatic carbocycles. The molecule has 0 saturated carbocycles. The first kappa shape index (κ1) is 11.7. The number of nitrogens with one attached hydrogen (secondary N) is 1. The lowest BCUT2D eigenvalue weighted by molar-refractivity contribution is 1.14. The second-order valence-electron chi connectivity index (χ2n) is 4.01. The average molecular weight is 319 g/mol. The van der Waals surface area contributed by atoms with Gasteiger partial charge in [0.05, 0.1) is 4.70 Å². The van der Waals surface area contributed by atoms with Gasteiger partial charge in [-0.3, -0.25) is 0 Å². The highest BCUT2D eigenvalue weighted by atomic mass is 79.9. The molecule has 0 fully saturated rings. The molecule has 0 aliphatic heterocycles. The van der Waals surface area contributed by atoms with E-state index in [9.17, 15) is 0 Å². The maximum atomic E-state index is 4.45. The van der Waals surface area contributed by atoms with Gasteiger partial charge in [-0.25, -0.2) is 0 Å². The minimum atomic E-state index is 0.785. The van der Waals surface area contributed by atoms with Gasteiger partial charge in [-0.15, -0.1) is 0 Å². The quantitative estimate of drug-likeness (QED) is 0.759. The predicted octanol–water partition coefficient (Wildman–Crippen LogP) is 4.67. The third kappa shape index (κ3) is 2.40. The van der Waals surface area contributed by atoms with E-state index < -0.39 is 0 Å². The summed E-state index contributed by atoms with van der Waals surface area (Å²) in [6.07, 6.45) is 0. The Morgan fingerprint density at radius 3 is 2.89 bits per heavy atom. The lowest BCUT2D eigenvalue weighted by atomic mass is 10.2. The normalized spacial score (nSPS) is 10.7. The maximum Gasteiger partial charge on any atom is 0.147 e. The van der Waals surface area contributed by atoms with E-state index >= 15 is 0 Å². The standard InChI is InChI=1S/C14H11BrN2S/c15-11-5-3-4-10(8-11)9-16-14-12-6-1-2-7-13(12)18-17-14/h1-8H,9H2,(H,16,17). The van der Waals surface area contributed by atoms with E-state index in [1.165, 1.54) is 27.2 Å². The molecule has 0 aliphatic carbocycles. The first-order valence-corrected chi connectivity index (χ1v) is 7.22. The van der Waals surface area contributed by atoms with Crippen LogP contribution in [0.5, 0.6) is 0 Å². The highest BCUT2D eigenvalue weighted by molar-refractivity contribution is 9.10. The van der Waals surface area contributed by atoms with Crippen molar-refractivity contribution in [2.75, 3.05) is 5.32 Å². The summed E-state index contributed by atoms with van der Waals surface area (Å²) in [5.41, 5.74) is 1.24. The summed E-state index contributed by atoms with van der Waals surface area (Å²) in [7, 11) is 0. The lowest BCUT2D eigenvalue weighted by Crippen LogP contribution is -1.99. The van der Waals surface area contributed by atoms with E-state index in [1.807, 2.05) is 24.3 Å². The van der Waals surface area contributed by atoms with E-state index in [0.717, 1.165) is 16.8 Å². The molecule has 1 aromatic heterocycles. The zero-order valence-corrected chi connectivity index (χ0v) is 12.0. The fourth-order valence-electron chi connectivity index (χ4n) is 1.85. The largest absolute Gasteiger partial charge is 0.365 e. The highest BCUT2D eigenvalue weighted by Crippen LogP contribution is 2.26. The van der Waals surface area contributed by atoms with Gasteiger partial charge in [-0.2, -0.15) is 4.37 Å². The van der Waals surface area contributed by atoms with E-state index in [4.69, 9.17) is 0 Å². The zero-order valence-electron chi connectivity index (χ0n) is 9.56. The molecular formula is C14H11BrN2S. The van der Waals surface area contributed by atoms with Gasteiger partial charge >= 0.3 is 0 Å². The summed E-state index contributed by atoms with van der Waals surface area (Å²) < 4.78 is 6.77. The number of aromatic nitrogens is 1. The number of hydrogen-bond acceptors (Lipinski definition) is 3. The molecule has 0 saturated heterocycles. The predicted molar refractivity (Wildman–Crippen MR) is 81.1 cm³/mol. The van der Waals surface area contributed by atoms with Crippen molar-refractivity contribution in [3.63, 3.8) is 0 Å². The Morgan fingerprint density at radius 2 is 2.00 bits per heavy atom. The first-order valence-electron chi connectivity index (χ1n) is 5.66. The summed E-state index contributed by atoms with van der Waals surface area (Å²) in [5.74, 6) is 0.968. The van der Waals surface area contributed by atoms with Crippen LogP contribution in [0.15, 0.2) is 53.0 Å². The smallest absolute Gasteiger partial charge is 0.147 e. The zero-order chi connectivity index (χ0) is 12.4. The number of benzene rings is 2. The molecule has 1 N–H and O–H groups in total. The van der Waals surface area contributed by atoms with Gasteiger partial charge in [0.2, 0.25) is 0 Å². The number of rotatable bonds is 3. The summed E-state index contributed by atoms with van der Waals surface area (Å²) >= 11 is 5.01. The van der Waals surface area contributed by atoms with Crippen molar-refractivity contribution in [2.45, 2.75) is 6.54 Å². The van der Waals surface area contributed by atoms with Crippen molar-refractivity contribution >= 4 is 43.4 Å². The molecule has 1 heterocycles. The molecule has 0 amide bonds. The molecule has 3 rings (SSSR count). The van der Waals surface area contributed by atoms with E-state index in [-0.39, 0.29) is 0 Å². The molecule has 0 bridgehead atoms. The van der Waals surface area contributed by atoms with Crippen molar-refractivity contribution in [3.8, 4) is 0 Å². The van der Waals surface area contributed by atoms with Crippen LogP contribution in [0.25, 0.3) is 10.1 Å². The summed E-state index contributed by atoms with van der Waals surface area (Å²) in [5, 5.41) is 4.58. The number of halogens is 1. The van der Waals surface area contributed by atoms with Gasteiger partial charge in [0, 0.05) is 16.4 Å². The van der Waals surface area contributed by atoms with Crippen LogP contribution in [0.3, 0.4) is 0 Å². The van der Waals surface area contributed by atoms with Crippen LogP contribution in [0.2, 0.25) is 0 Å². The summed E-state index contributed by atoms with van der Waals surface area (Å²) in [4.78, 5) is 0. The van der Waals surface area contributed by atoms with E-state index in [2.05, 4.69) is 49.9 Å². The SMILES string of the molecule is Brc1cccc(CNc2nsc3ccccc23)c1. The maximum absolute atomic E-state index is 4.45. The first-order chi connectivity index (χ1) is 8.83. The van der Waals surface area contributed by atoms with Crippen molar-refractivity contribution in [1.82, 2.24) is 4.37 Å². The van der Waals surface area contributed by atoms with Gasteiger partial charge in [0.25, 0.3) is 0 Å². The Hall–Kier alpha value is -1.39. The Balaban J connectivity index is 1.81. The Morgan fingerprint density at radius 1 is 1.11 bits per heavy atom. The Bertz CT molecular complexity index is 678. The Kier molecular flexibility index (Phi) is 3.30. The molecule has 18 heavy (non-hydrogen) atoms. The van der Waals surface area contributed by atoms with Gasteiger partial charge in [0.15, 0.2) is 0 Å². The number of fused-ring (bicyclic) bond motifs is 1. The second-order valence-corrected chi connectivity index (χ2v) is 5.73. The minimum Gasteiger partial charge on any atom is -0.365 e. The third-order valence-corrected chi connectivity index (χ3v) is 4.05. The van der Waals surface area contributed by atoms with Crippen LogP contribution in [-0.4, -0.2) is 4.37 Å². The molecule has 4 heteroatoms. The average Bonchev–Trinajstić information content (AvgIpc) is 2.80. The monoisotopic (exact) mass is 318 g/mol. The second kappa shape index (κ2) is 5.08. The van der Waals surface area contributed by atoms with Crippen molar-refractivity contribution in [3.05, 3.63) is 58.6 Å². The van der Waals surface area contributed by atoms with E-state index in [1.54, 1.807) is 0 Å². The minimum absolute atomic E-state index is 0.785. The van der Waals surface area contributed by atoms with Crippen molar-refractivity contribution in [2.24, 2.45) is 0 Å². The van der Waals surface area contributed by atoms with Gasteiger partial charge < -0.3 is 5.32 Å².